The standard InChI is InChI=1S/C21H22N6O/c1-13-3-2-4-14(9-13)11-27(12-19-24-20(26-25-19)15-5-6-15)16-7-8-17-18(10-16)23-21(28)22-17/h2-4,7-10,15H,5-6,11-12H2,1H3,(H2,22,23,28)(H,24,25,26). The summed E-state index contributed by atoms with van der Waals surface area (Å²) in [6.45, 7) is 3.46. The molecule has 3 N–H and O–H groups in total. The highest BCUT2D eigenvalue weighted by atomic mass is 16.1. The molecule has 0 bridgehead atoms. The van der Waals surface area contributed by atoms with Crippen LogP contribution in [0.4, 0.5) is 5.69 Å². The summed E-state index contributed by atoms with van der Waals surface area (Å²) in [5, 5.41) is 7.48. The summed E-state index contributed by atoms with van der Waals surface area (Å²) in [4.78, 5) is 24.2. The van der Waals surface area contributed by atoms with Gasteiger partial charge in [-0.25, -0.2) is 9.78 Å². The minimum absolute atomic E-state index is 0.193. The molecule has 2 aromatic carbocycles. The number of nitrogens with one attached hydrogen (secondary N) is 3. The van der Waals surface area contributed by atoms with Crippen molar-refractivity contribution in [2.75, 3.05) is 4.90 Å². The Labute approximate surface area is 161 Å². The van der Waals surface area contributed by atoms with Gasteiger partial charge in [0.25, 0.3) is 0 Å². The number of imidazole rings is 1. The van der Waals surface area contributed by atoms with E-state index in [9.17, 15) is 4.79 Å². The molecule has 5 rings (SSSR count). The van der Waals surface area contributed by atoms with Crippen molar-refractivity contribution >= 4 is 16.7 Å². The van der Waals surface area contributed by atoms with E-state index in [1.807, 2.05) is 18.2 Å². The molecule has 0 spiro atoms. The second kappa shape index (κ2) is 6.67. The summed E-state index contributed by atoms with van der Waals surface area (Å²) < 4.78 is 0. The van der Waals surface area contributed by atoms with Gasteiger partial charge >= 0.3 is 5.69 Å². The number of benzene rings is 2. The zero-order valence-electron chi connectivity index (χ0n) is 15.7. The fraction of sp³-hybridized carbons (Fsp3) is 0.286. The van der Waals surface area contributed by atoms with Gasteiger partial charge in [0, 0.05) is 18.2 Å². The van der Waals surface area contributed by atoms with Crippen molar-refractivity contribution in [2.24, 2.45) is 0 Å². The van der Waals surface area contributed by atoms with Crippen molar-refractivity contribution in [1.82, 2.24) is 25.1 Å². The maximum Gasteiger partial charge on any atom is 0.323 e. The lowest BCUT2D eigenvalue weighted by atomic mass is 10.1. The molecule has 0 amide bonds. The lowest BCUT2D eigenvalue weighted by molar-refractivity contribution is 0.759. The van der Waals surface area contributed by atoms with Crippen molar-refractivity contribution in [3.8, 4) is 0 Å². The third-order valence-corrected chi connectivity index (χ3v) is 5.15. The van der Waals surface area contributed by atoms with Crippen LogP contribution in [0, 0.1) is 6.92 Å². The molecule has 0 atom stereocenters. The van der Waals surface area contributed by atoms with E-state index in [0.29, 0.717) is 12.5 Å². The lowest BCUT2D eigenvalue weighted by Crippen LogP contribution is -2.23. The molecule has 2 aromatic heterocycles. The van der Waals surface area contributed by atoms with E-state index in [4.69, 9.17) is 4.98 Å². The number of aromatic nitrogens is 5. The third-order valence-electron chi connectivity index (χ3n) is 5.15. The minimum Gasteiger partial charge on any atom is -0.360 e. The highest BCUT2D eigenvalue weighted by Gasteiger charge is 2.28. The predicted octanol–water partition coefficient (Wildman–Crippen LogP) is 3.37. The summed E-state index contributed by atoms with van der Waals surface area (Å²) in [6.07, 6.45) is 2.36. The van der Waals surface area contributed by atoms with Crippen molar-refractivity contribution in [3.05, 3.63) is 75.7 Å². The summed E-state index contributed by atoms with van der Waals surface area (Å²) >= 11 is 0. The van der Waals surface area contributed by atoms with Gasteiger partial charge in [-0.2, -0.15) is 5.10 Å². The van der Waals surface area contributed by atoms with Crippen molar-refractivity contribution in [2.45, 2.75) is 38.8 Å². The van der Waals surface area contributed by atoms with Crippen molar-refractivity contribution in [3.63, 3.8) is 0 Å². The number of H-pyrrole nitrogens is 3. The monoisotopic (exact) mass is 374 g/mol. The molecule has 7 nitrogen and oxygen atoms in total. The van der Waals surface area contributed by atoms with Crippen LogP contribution in [0.25, 0.3) is 11.0 Å². The van der Waals surface area contributed by atoms with Crippen LogP contribution >= 0.6 is 0 Å². The van der Waals surface area contributed by atoms with Gasteiger partial charge in [-0.05, 0) is 43.5 Å². The number of hydrogen-bond donors (Lipinski definition) is 3. The highest BCUT2D eigenvalue weighted by Crippen LogP contribution is 2.37. The molecule has 0 unspecified atom stereocenters. The summed E-state index contributed by atoms with van der Waals surface area (Å²) in [5.41, 5.74) is 4.89. The molecule has 142 valence electrons. The number of hydrogen-bond acceptors (Lipinski definition) is 4. The van der Waals surface area contributed by atoms with E-state index in [2.05, 4.69) is 56.3 Å². The molecule has 1 fully saturated rings. The summed E-state index contributed by atoms with van der Waals surface area (Å²) in [5.74, 6) is 2.31. The number of fused-ring (bicyclic) bond motifs is 1. The van der Waals surface area contributed by atoms with Gasteiger partial charge in [-0.1, -0.05) is 29.8 Å². The lowest BCUT2D eigenvalue weighted by Gasteiger charge is -2.24. The van der Waals surface area contributed by atoms with Crippen LogP contribution in [-0.2, 0) is 13.1 Å². The molecule has 1 aliphatic carbocycles. The van der Waals surface area contributed by atoms with Crippen LogP contribution < -0.4 is 10.6 Å². The molecule has 0 radical (unpaired) electrons. The van der Waals surface area contributed by atoms with Gasteiger partial charge < -0.3 is 14.9 Å². The molecule has 28 heavy (non-hydrogen) atoms. The molecule has 0 aliphatic heterocycles. The smallest absolute Gasteiger partial charge is 0.323 e. The molecular formula is C21H22N6O. The third kappa shape index (κ3) is 3.43. The number of aromatic amines is 3. The summed E-state index contributed by atoms with van der Waals surface area (Å²) in [7, 11) is 0. The molecule has 0 saturated heterocycles. The topological polar surface area (TPSA) is 93.5 Å². The Kier molecular flexibility index (Phi) is 4.00. The van der Waals surface area contributed by atoms with E-state index in [-0.39, 0.29) is 5.69 Å². The maximum atomic E-state index is 11.6. The Morgan fingerprint density at radius 1 is 1.07 bits per heavy atom. The van der Waals surface area contributed by atoms with Crippen LogP contribution in [0.2, 0.25) is 0 Å². The zero-order chi connectivity index (χ0) is 19.1. The number of rotatable bonds is 6. The predicted molar refractivity (Wildman–Crippen MR) is 108 cm³/mol. The van der Waals surface area contributed by atoms with Crippen molar-refractivity contribution < 1.29 is 0 Å². The van der Waals surface area contributed by atoms with Crippen LogP contribution in [-0.4, -0.2) is 25.1 Å². The van der Waals surface area contributed by atoms with E-state index in [0.717, 1.165) is 34.9 Å². The Hall–Kier alpha value is -3.35. The largest absolute Gasteiger partial charge is 0.360 e. The first-order valence-corrected chi connectivity index (χ1v) is 9.58. The van der Waals surface area contributed by atoms with Gasteiger partial charge in [0.05, 0.1) is 17.6 Å². The van der Waals surface area contributed by atoms with Gasteiger partial charge in [-0.3, -0.25) is 5.10 Å². The second-order valence-electron chi connectivity index (χ2n) is 7.57. The SMILES string of the molecule is Cc1cccc(CN(Cc2nc(C3CC3)n[nH]2)c2ccc3[nH]c(=O)[nH]c3c2)c1. The van der Waals surface area contributed by atoms with E-state index < -0.39 is 0 Å². The second-order valence-corrected chi connectivity index (χ2v) is 7.57. The van der Waals surface area contributed by atoms with Gasteiger partial charge in [-0.15, -0.1) is 0 Å². The molecular weight excluding hydrogens is 352 g/mol. The average molecular weight is 374 g/mol. The average Bonchev–Trinajstić information content (AvgIpc) is 3.30. The molecule has 7 heteroatoms. The first-order valence-electron chi connectivity index (χ1n) is 9.58. The Balaban J connectivity index is 1.48. The highest BCUT2D eigenvalue weighted by molar-refractivity contribution is 5.79. The van der Waals surface area contributed by atoms with Crippen molar-refractivity contribution in [1.29, 1.82) is 0 Å². The van der Waals surface area contributed by atoms with Crippen LogP contribution in [0.3, 0.4) is 0 Å². The number of aryl methyl sites for hydroxylation is 1. The molecule has 2 heterocycles. The summed E-state index contributed by atoms with van der Waals surface area (Å²) in [6, 6.07) is 14.5. The Morgan fingerprint density at radius 3 is 2.75 bits per heavy atom. The van der Waals surface area contributed by atoms with Gasteiger partial charge in [0.15, 0.2) is 5.82 Å². The quantitative estimate of drug-likeness (QED) is 0.482. The number of anilines is 1. The van der Waals surface area contributed by atoms with Crippen LogP contribution in [0.1, 0.15) is 41.5 Å². The first kappa shape index (κ1) is 16.8. The maximum absolute atomic E-state index is 11.6. The van der Waals surface area contributed by atoms with E-state index in [1.165, 1.54) is 24.0 Å². The first-order chi connectivity index (χ1) is 13.6. The Morgan fingerprint density at radius 2 is 1.93 bits per heavy atom. The fourth-order valence-electron chi connectivity index (χ4n) is 3.57. The van der Waals surface area contributed by atoms with E-state index >= 15 is 0 Å². The minimum atomic E-state index is -0.193. The van der Waals surface area contributed by atoms with Crippen LogP contribution in [0.5, 0.6) is 0 Å². The Bertz CT molecular complexity index is 1180. The van der Waals surface area contributed by atoms with Gasteiger partial charge in [0.1, 0.15) is 5.82 Å². The molecule has 4 aromatic rings. The van der Waals surface area contributed by atoms with Gasteiger partial charge in [0.2, 0.25) is 0 Å². The fourth-order valence-corrected chi connectivity index (χ4v) is 3.57. The number of nitrogens with zero attached hydrogens (tertiary/aromatic N) is 3. The van der Waals surface area contributed by atoms with Crippen LogP contribution in [0.15, 0.2) is 47.3 Å². The molecule has 1 saturated carbocycles. The zero-order valence-corrected chi connectivity index (χ0v) is 15.7. The molecule has 1 aliphatic rings. The van der Waals surface area contributed by atoms with E-state index in [1.54, 1.807) is 0 Å². The normalized spacial score (nSPS) is 13.9.